The van der Waals surface area contributed by atoms with Crippen molar-refractivity contribution >= 4 is 23.5 Å². The van der Waals surface area contributed by atoms with Crippen LogP contribution in [0, 0.1) is 11.8 Å². The number of rotatable bonds is 9. The minimum Gasteiger partial charge on any atom is -0.347 e. The predicted octanol–water partition coefficient (Wildman–Crippen LogP) is 1.23. The van der Waals surface area contributed by atoms with Gasteiger partial charge in [0.25, 0.3) is 5.91 Å². The van der Waals surface area contributed by atoms with Crippen molar-refractivity contribution in [1.29, 1.82) is 0 Å². The van der Waals surface area contributed by atoms with Crippen LogP contribution in [-0.2, 0) is 19.2 Å². The summed E-state index contributed by atoms with van der Waals surface area (Å²) in [6.45, 7) is 4.80. The number of fused-ring (bicyclic) bond motifs is 1. The smallest absolute Gasteiger partial charge is 0.289 e. The molecule has 8 heteroatoms. The molecule has 0 aromatic rings. The monoisotopic (exact) mass is 446 g/mol. The van der Waals surface area contributed by atoms with Gasteiger partial charge in [0, 0.05) is 12.6 Å². The average Bonchev–Trinajstić information content (AvgIpc) is 3.34. The van der Waals surface area contributed by atoms with Crippen LogP contribution < -0.4 is 10.6 Å². The molecule has 2 N–H and O–H groups in total. The summed E-state index contributed by atoms with van der Waals surface area (Å²) in [5.41, 5.74) is 0. The second kappa shape index (κ2) is 10.3. The van der Waals surface area contributed by atoms with E-state index in [0.29, 0.717) is 31.8 Å². The molecule has 2 aliphatic heterocycles. The summed E-state index contributed by atoms with van der Waals surface area (Å²) in [6.07, 6.45) is 9.42. The SMILES string of the molecule is CCCC(NC(=O)C1C2CCCC2CN1C(=O)CN1CCCCC1)C(=O)C(=O)NC1CC1. The molecule has 2 saturated heterocycles. The molecule has 0 aromatic heterocycles. The first kappa shape index (κ1) is 23.2. The molecule has 4 unspecified atom stereocenters. The molecule has 0 radical (unpaired) electrons. The van der Waals surface area contributed by atoms with Crippen LogP contribution in [0.4, 0.5) is 0 Å². The van der Waals surface area contributed by atoms with Crippen molar-refractivity contribution in [2.75, 3.05) is 26.2 Å². The van der Waals surface area contributed by atoms with Gasteiger partial charge in [0.05, 0.1) is 12.6 Å². The minimum absolute atomic E-state index is 0.0197. The average molecular weight is 447 g/mol. The second-order valence-corrected chi connectivity index (χ2v) is 10.1. The van der Waals surface area contributed by atoms with Crippen LogP contribution in [0.3, 0.4) is 0 Å². The lowest BCUT2D eigenvalue weighted by atomic mass is 9.93. The molecular formula is C24H38N4O4. The van der Waals surface area contributed by atoms with Crippen molar-refractivity contribution < 1.29 is 19.2 Å². The van der Waals surface area contributed by atoms with Gasteiger partial charge in [-0.2, -0.15) is 0 Å². The maximum absolute atomic E-state index is 13.4. The highest BCUT2D eigenvalue weighted by Gasteiger charge is 2.50. The Morgan fingerprint density at radius 1 is 0.969 bits per heavy atom. The Kier molecular flexibility index (Phi) is 7.48. The lowest BCUT2D eigenvalue weighted by molar-refractivity contribution is -0.143. The second-order valence-electron chi connectivity index (χ2n) is 10.1. The van der Waals surface area contributed by atoms with Gasteiger partial charge >= 0.3 is 0 Å². The molecule has 32 heavy (non-hydrogen) atoms. The van der Waals surface area contributed by atoms with Crippen molar-refractivity contribution in [2.24, 2.45) is 11.8 Å². The van der Waals surface area contributed by atoms with E-state index in [1.54, 1.807) is 4.90 Å². The molecule has 3 amide bonds. The van der Waals surface area contributed by atoms with E-state index < -0.39 is 23.8 Å². The van der Waals surface area contributed by atoms with Gasteiger partial charge in [0.15, 0.2) is 0 Å². The van der Waals surface area contributed by atoms with E-state index in [2.05, 4.69) is 15.5 Å². The Morgan fingerprint density at radius 2 is 1.72 bits per heavy atom. The molecule has 0 bridgehead atoms. The summed E-state index contributed by atoms with van der Waals surface area (Å²) in [5.74, 6) is -0.912. The van der Waals surface area contributed by atoms with E-state index in [1.807, 2.05) is 6.92 Å². The van der Waals surface area contributed by atoms with Crippen LogP contribution in [0.2, 0.25) is 0 Å². The zero-order valence-corrected chi connectivity index (χ0v) is 19.3. The van der Waals surface area contributed by atoms with Crippen LogP contribution in [0.25, 0.3) is 0 Å². The number of nitrogens with one attached hydrogen (secondary N) is 2. The fourth-order valence-corrected chi connectivity index (χ4v) is 5.75. The highest BCUT2D eigenvalue weighted by atomic mass is 16.2. The maximum Gasteiger partial charge on any atom is 0.289 e. The number of ketones is 1. The molecule has 0 spiro atoms. The number of Topliss-reactive ketones (excluding diaryl/α,β-unsaturated/α-hetero) is 1. The Labute approximate surface area is 190 Å². The fourth-order valence-electron chi connectivity index (χ4n) is 5.75. The van der Waals surface area contributed by atoms with E-state index in [4.69, 9.17) is 0 Å². The molecule has 4 atom stereocenters. The molecule has 4 fully saturated rings. The van der Waals surface area contributed by atoms with Gasteiger partial charge in [-0.15, -0.1) is 0 Å². The topological polar surface area (TPSA) is 98.8 Å². The van der Waals surface area contributed by atoms with Crippen LogP contribution in [0.5, 0.6) is 0 Å². The van der Waals surface area contributed by atoms with Gasteiger partial charge in [-0.1, -0.05) is 26.2 Å². The number of carbonyl (C=O) groups excluding carboxylic acids is 4. The fraction of sp³-hybridized carbons (Fsp3) is 0.833. The molecule has 8 nitrogen and oxygen atoms in total. The summed E-state index contributed by atoms with van der Waals surface area (Å²) in [4.78, 5) is 55.7. The van der Waals surface area contributed by atoms with Crippen molar-refractivity contribution in [1.82, 2.24) is 20.4 Å². The summed E-state index contributed by atoms with van der Waals surface area (Å²) >= 11 is 0. The Balaban J connectivity index is 1.43. The van der Waals surface area contributed by atoms with Crippen LogP contribution >= 0.6 is 0 Å². The number of hydrogen-bond acceptors (Lipinski definition) is 5. The highest BCUT2D eigenvalue weighted by Crippen LogP contribution is 2.42. The quantitative estimate of drug-likeness (QED) is 0.519. The lowest BCUT2D eigenvalue weighted by Gasteiger charge is -2.32. The normalized spacial score (nSPS) is 28.8. The minimum atomic E-state index is -0.828. The summed E-state index contributed by atoms with van der Waals surface area (Å²) in [7, 11) is 0. The predicted molar refractivity (Wildman–Crippen MR) is 120 cm³/mol. The molecule has 0 aromatic carbocycles. The summed E-state index contributed by atoms with van der Waals surface area (Å²) < 4.78 is 0. The Bertz CT molecular complexity index is 732. The molecule has 4 aliphatic rings. The first-order valence-corrected chi connectivity index (χ1v) is 12.6. The third-order valence-corrected chi connectivity index (χ3v) is 7.63. The number of nitrogens with zero attached hydrogens (tertiary/aromatic N) is 2. The standard InChI is InChI=1S/C24H38N4O4/c1-2-7-19(22(30)24(32)25-17-10-11-17)26-23(31)21-18-9-6-8-16(18)14-28(21)20(29)15-27-12-4-3-5-13-27/h16-19,21H,2-15H2,1H3,(H,25,32)(H,26,31). The molecule has 178 valence electrons. The molecule has 2 aliphatic carbocycles. The van der Waals surface area contributed by atoms with Gasteiger partial charge < -0.3 is 15.5 Å². The van der Waals surface area contributed by atoms with Crippen LogP contribution in [-0.4, -0.2) is 77.6 Å². The van der Waals surface area contributed by atoms with E-state index in [0.717, 1.165) is 58.0 Å². The van der Waals surface area contributed by atoms with E-state index in [9.17, 15) is 19.2 Å². The largest absolute Gasteiger partial charge is 0.347 e. The lowest BCUT2D eigenvalue weighted by Crippen LogP contribution is -2.55. The van der Waals surface area contributed by atoms with Gasteiger partial charge in [-0.3, -0.25) is 24.1 Å². The first-order chi connectivity index (χ1) is 15.5. The van der Waals surface area contributed by atoms with Crippen molar-refractivity contribution in [3.8, 4) is 0 Å². The number of hydrogen-bond donors (Lipinski definition) is 2. The molecule has 4 rings (SSSR count). The van der Waals surface area contributed by atoms with Gasteiger partial charge in [0.1, 0.15) is 6.04 Å². The zero-order chi connectivity index (χ0) is 22.7. The third kappa shape index (κ3) is 5.33. The van der Waals surface area contributed by atoms with Crippen LogP contribution in [0.15, 0.2) is 0 Å². The number of likely N-dealkylation sites (tertiary alicyclic amines) is 2. The maximum atomic E-state index is 13.4. The Morgan fingerprint density at radius 3 is 2.41 bits per heavy atom. The van der Waals surface area contributed by atoms with E-state index in [-0.39, 0.29) is 23.8 Å². The van der Waals surface area contributed by atoms with Gasteiger partial charge in [-0.05, 0) is 69.9 Å². The van der Waals surface area contributed by atoms with Crippen LogP contribution in [0.1, 0.15) is 71.1 Å². The Hall–Kier alpha value is -1.96. The summed E-state index contributed by atoms with van der Waals surface area (Å²) in [6, 6.07) is -1.26. The van der Waals surface area contributed by atoms with Gasteiger partial charge in [-0.25, -0.2) is 0 Å². The van der Waals surface area contributed by atoms with Crippen molar-refractivity contribution in [3.63, 3.8) is 0 Å². The number of piperidine rings is 1. The third-order valence-electron chi connectivity index (χ3n) is 7.63. The number of carbonyl (C=O) groups is 4. The number of amides is 3. The summed E-state index contributed by atoms with van der Waals surface area (Å²) in [5, 5.41) is 5.61. The van der Waals surface area contributed by atoms with Gasteiger partial charge in [0.2, 0.25) is 17.6 Å². The molecule has 2 saturated carbocycles. The molecular weight excluding hydrogens is 408 g/mol. The highest BCUT2D eigenvalue weighted by molar-refractivity contribution is 6.38. The first-order valence-electron chi connectivity index (χ1n) is 12.6. The van der Waals surface area contributed by atoms with Crippen molar-refractivity contribution in [2.45, 2.75) is 89.3 Å². The van der Waals surface area contributed by atoms with E-state index >= 15 is 0 Å². The van der Waals surface area contributed by atoms with Crippen molar-refractivity contribution in [3.05, 3.63) is 0 Å². The zero-order valence-electron chi connectivity index (χ0n) is 19.3. The molecule has 2 heterocycles. The van der Waals surface area contributed by atoms with E-state index in [1.165, 1.54) is 6.42 Å².